The largest absolute Gasteiger partial charge is 0.426 e. The summed E-state index contributed by atoms with van der Waals surface area (Å²) >= 11 is 0. The van der Waals surface area contributed by atoms with Crippen LogP contribution in [0.25, 0.3) is 0 Å². The van der Waals surface area contributed by atoms with Crippen LogP contribution in [0.1, 0.15) is 92.1 Å². The molecule has 1 aliphatic carbocycles. The van der Waals surface area contributed by atoms with Crippen molar-refractivity contribution in [2.45, 2.75) is 74.7 Å². The highest BCUT2D eigenvalue weighted by molar-refractivity contribution is 7.94. The highest BCUT2D eigenvalue weighted by Crippen LogP contribution is 2.57. The van der Waals surface area contributed by atoms with Gasteiger partial charge in [-0.1, -0.05) is 88.0 Å². The first-order valence-electron chi connectivity index (χ1n) is 21.8. The Morgan fingerprint density at radius 2 is 0.783 bits per heavy atom. The molecule has 0 saturated heterocycles. The van der Waals surface area contributed by atoms with Gasteiger partial charge in [-0.25, -0.2) is 16.8 Å². The van der Waals surface area contributed by atoms with Gasteiger partial charge in [0.1, 0.15) is 23.0 Å². The third-order valence-electron chi connectivity index (χ3n) is 11.8. The lowest BCUT2D eigenvalue weighted by Gasteiger charge is -2.47. The first kappa shape index (κ1) is 50.7. The SMILES string of the molecule is Cc1ccc(S(=O)(=O)N(C2CCC(C(C)(C)N(P(Oc3ccccc3C=O)Oc3ccccc3C=O)S(=O)(=O)c3ccc(C)cc3)CC2)P(Oc2ccccc2C=O)Oc2ccccc2C=O)cc1. The molecular formula is C51H50N2O12P2S2. The van der Waals surface area contributed by atoms with Crippen molar-refractivity contribution < 1.29 is 54.1 Å². The second-order valence-corrected chi connectivity index (χ2v) is 23.4. The van der Waals surface area contributed by atoms with E-state index >= 15 is 16.8 Å². The van der Waals surface area contributed by atoms with Crippen molar-refractivity contribution in [3.8, 4) is 23.0 Å². The summed E-state index contributed by atoms with van der Waals surface area (Å²) in [4.78, 5) is 49.1. The minimum Gasteiger partial charge on any atom is -0.426 e. The quantitative estimate of drug-likeness (QED) is 0.0492. The molecular weight excluding hydrogens is 959 g/mol. The van der Waals surface area contributed by atoms with Gasteiger partial charge in [-0.15, -0.1) is 4.08 Å². The molecule has 1 saturated carbocycles. The number of hydrogen-bond donors (Lipinski definition) is 0. The maximum Gasteiger partial charge on any atom is 0.400 e. The highest BCUT2D eigenvalue weighted by Gasteiger charge is 2.53. The van der Waals surface area contributed by atoms with E-state index in [0.717, 1.165) is 11.1 Å². The molecule has 358 valence electrons. The summed E-state index contributed by atoms with van der Waals surface area (Å²) in [5, 5.41) is 0. The molecule has 0 spiro atoms. The number of carbonyl (C=O) groups excluding carboxylic acids is 4. The number of para-hydroxylation sites is 4. The molecule has 14 nitrogen and oxygen atoms in total. The molecule has 0 heterocycles. The summed E-state index contributed by atoms with van der Waals surface area (Å²) in [7, 11) is -14.5. The smallest absolute Gasteiger partial charge is 0.400 e. The van der Waals surface area contributed by atoms with E-state index in [1.807, 2.05) is 13.8 Å². The van der Waals surface area contributed by atoms with Crippen LogP contribution in [-0.2, 0) is 20.0 Å². The standard InChI is InChI=1S/C51H50N2O12P2S2/c1-37-21-29-45(30-22-37)68(58,59)52(66(62-47-17-9-5-13-39(47)33-54)63-48-18-10-6-14-40(48)34-55)44-27-25-43(26-28-44)51(3,4)53(69(60,61)46-31-23-38(2)24-32-46)67(64-49-19-11-7-15-41(49)35-56)65-50-20-12-8-16-42(50)36-57/h5-24,29-36,43-44H,25-28H2,1-4H3. The van der Waals surface area contributed by atoms with Crippen molar-refractivity contribution in [2.24, 2.45) is 5.92 Å². The molecule has 0 unspecified atom stereocenters. The van der Waals surface area contributed by atoms with Gasteiger partial charge in [0.05, 0.1) is 32.0 Å². The van der Waals surface area contributed by atoms with Crippen LogP contribution < -0.4 is 18.1 Å². The first-order chi connectivity index (χ1) is 33.1. The molecule has 7 rings (SSSR count). The maximum atomic E-state index is 15.4. The summed E-state index contributed by atoms with van der Waals surface area (Å²) in [6.07, 6.45) is 3.16. The zero-order valence-electron chi connectivity index (χ0n) is 38.2. The van der Waals surface area contributed by atoms with Crippen molar-refractivity contribution in [3.05, 3.63) is 179 Å². The number of aryl methyl sites for hydroxylation is 2. The van der Waals surface area contributed by atoms with Gasteiger partial charge < -0.3 is 18.1 Å². The minimum atomic E-state index is -4.56. The Labute approximate surface area is 405 Å². The minimum absolute atomic E-state index is 0.0448. The Hall–Kier alpha value is -6.12. The van der Waals surface area contributed by atoms with E-state index < -0.39 is 54.6 Å². The molecule has 6 aromatic carbocycles. The van der Waals surface area contributed by atoms with E-state index in [1.54, 1.807) is 86.6 Å². The van der Waals surface area contributed by atoms with Crippen LogP contribution in [0.5, 0.6) is 23.0 Å². The Bertz CT molecular complexity index is 2910. The molecule has 0 N–H and O–H groups in total. The predicted molar refractivity (Wildman–Crippen MR) is 264 cm³/mol. The molecule has 0 aromatic heterocycles. The number of aldehydes is 4. The predicted octanol–water partition coefficient (Wildman–Crippen LogP) is 11.3. The van der Waals surface area contributed by atoms with Crippen LogP contribution in [0.4, 0.5) is 0 Å². The van der Waals surface area contributed by atoms with Crippen molar-refractivity contribution in [1.82, 2.24) is 8.15 Å². The van der Waals surface area contributed by atoms with Crippen molar-refractivity contribution in [2.75, 3.05) is 0 Å². The zero-order valence-corrected chi connectivity index (χ0v) is 41.6. The Balaban J connectivity index is 1.33. The second-order valence-electron chi connectivity index (χ2n) is 16.8. The summed E-state index contributed by atoms with van der Waals surface area (Å²) in [5.74, 6) is -0.304. The topological polar surface area (TPSA) is 180 Å². The number of hydrogen-bond acceptors (Lipinski definition) is 12. The number of sulfonamides is 2. The Morgan fingerprint density at radius 3 is 1.13 bits per heavy atom. The van der Waals surface area contributed by atoms with Crippen LogP contribution in [0.3, 0.4) is 0 Å². The van der Waals surface area contributed by atoms with Gasteiger partial charge in [-0.05, 0) is 132 Å². The molecule has 0 aliphatic heterocycles. The molecule has 69 heavy (non-hydrogen) atoms. The number of benzene rings is 6. The average Bonchev–Trinajstić information content (AvgIpc) is 3.35. The van der Waals surface area contributed by atoms with Crippen LogP contribution in [-0.4, -0.2) is 61.7 Å². The third-order valence-corrected chi connectivity index (χ3v) is 20.2. The van der Waals surface area contributed by atoms with E-state index in [0.29, 0.717) is 25.1 Å². The monoisotopic (exact) mass is 1010 g/mol. The molecule has 0 atom stereocenters. The summed E-state index contributed by atoms with van der Waals surface area (Å²) < 4.78 is 89.5. The van der Waals surface area contributed by atoms with Gasteiger partial charge in [0.25, 0.3) is 20.0 Å². The molecule has 0 amide bonds. The summed E-state index contributed by atoms with van der Waals surface area (Å²) in [6.45, 7) is 7.15. The molecule has 0 radical (unpaired) electrons. The van der Waals surface area contributed by atoms with E-state index in [4.69, 9.17) is 18.1 Å². The van der Waals surface area contributed by atoms with E-state index in [-0.39, 0.29) is 80.7 Å². The van der Waals surface area contributed by atoms with E-state index in [2.05, 4.69) is 0 Å². The molecule has 1 fully saturated rings. The molecule has 18 heteroatoms. The fourth-order valence-electron chi connectivity index (χ4n) is 7.99. The van der Waals surface area contributed by atoms with Crippen molar-refractivity contribution in [3.63, 3.8) is 0 Å². The fourth-order valence-corrected chi connectivity index (χ4v) is 15.9. The Kier molecular flexibility index (Phi) is 16.3. The van der Waals surface area contributed by atoms with Crippen molar-refractivity contribution >= 4 is 62.2 Å². The molecule has 0 bridgehead atoms. The molecule has 1 aliphatic rings. The van der Waals surface area contributed by atoms with Gasteiger partial charge in [0.2, 0.25) is 0 Å². The summed E-state index contributed by atoms with van der Waals surface area (Å²) in [6, 6.07) is 37.1. The summed E-state index contributed by atoms with van der Waals surface area (Å²) in [5.41, 5.74) is 0.790. The number of carbonyl (C=O) groups is 4. The number of nitrogens with zero attached hydrogens (tertiary/aromatic N) is 2. The first-order valence-corrected chi connectivity index (χ1v) is 27.0. The van der Waals surface area contributed by atoms with Crippen LogP contribution in [0, 0.1) is 19.8 Å². The van der Waals surface area contributed by atoms with Gasteiger partial charge in [0.15, 0.2) is 25.1 Å². The lowest BCUT2D eigenvalue weighted by molar-refractivity contribution is 0.111. The zero-order chi connectivity index (χ0) is 49.3. The lowest BCUT2D eigenvalue weighted by atomic mass is 9.76. The average molecular weight is 1010 g/mol. The lowest BCUT2D eigenvalue weighted by Crippen LogP contribution is -2.52. The van der Waals surface area contributed by atoms with Crippen LogP contribution in [0.2, 0.25) is 0 Å². The van der Waals surface area contributed by atoms with Gasteiger partial charge >= 0.3 is 17.1 Å². The van der Waals surface area contributed by atoms with Gasteiger partial charge in [-0.3, -0.25) is 19.2 Å². The van der Waals surface area contributed by atoms with Crippen LogP contribution >= 0.6 is 17.1 Å². The maximum absolute atomic E-state index is 15.4. The normalized spacial score (nSPS) is 15.4. The van der Waals surface area contributed by atoms with E-state index in [9.17, 15) is 19.2 Å². The number of rotatable bonds is 21. The van der Waals surface area contributed by atoms with Gasteiger partial charge in [-0.2, -0.15) is 0 Å². The Morgan fingerprint density at radius 1 is 0.464 bits per heavy atom. The van der Waals surface area contributed by atoms with E-state index in [1.165, 1.54) is 80.9 Å². The van der Waals surface area contributed by atoms with Gasteiger partial charge in [0, 0.05) is 11.6 Å². The fraction of sp³-hybridized carbons (Fsp3) is 0.216. The third kappa shape index (κ3) is 11.3. The van der Waals surface area contributed by atoms with Crippen molar-refractivity contribution in [1.29, 1.82) is 0 Å². The second kappa shape index (κ2) is 22.1. The molecule has 6 aromatic rings. The highest BCUT2D eigenvalue weighted by atomic mass is 32.2. The van der Waals surface area contributed by atoms with Crippen LogP contribution in [0.15, 0.2) is 155 Å².